The molecular weight excluding hydrogens is 478 g/mol. The van der Waals surface area contributed by atoms with Crippen LogP contribution in [0.3, 0.4) is 0 Å². The van der Waals surface area contributed by atoms with Gasteiger partial charge in [-0.1, -0.05) is 35.9 Å². The Bertz CT molecular complexity index is 1340. The topological polar surface area (TPSA) is 95.9 Å². The van der Waals surface area contributed by atoms with E-state index in [2.05, 4.69) is 9.82 Å². The molecule has 1 N–H and O–H groups in total. The van der Waals surface area contributed by atoms with Crippen LogP contribution in [0, 0.1) is 0 Å². The first-order valence-corrected chi connectivity index (χ1v) is 13.7. The predicted molar refractivity (Wildman–Crippen MR) is 124 cm³/mol. The first-order valence-electron chi connectivity index (χ1n) is 9.12. The number of hydrogen-bond donors (Lipinski definition) is 1. The molecule has 1 aromatic heterocycles. The monoisotopic (exact) mass is 495 g/mol. The van der Waals surface area contributed by atoms with Crippen LogP contribution >= 0.6 is 22.9 Å². The number of benzene rings is 2. The first-order chi connectivity index (χ1) is 14.6. The molecule has 2 heterocycles. The van der Waals surface area contributed by atoms with Gasteiger partial charge in [0, 0.05) is 22.0 Å². The van der Waals surface area contributed by atoms with E-state index >= 15 is 0 Å². The number of nitrogens with one attached hydrogen (secondary N) is 1. The maximum Gasteiger partial charge on any atom is 0.279 e. The minimum atomic E-state index is -3.93. The predicted octanol–water partition coefficient (Wildman–Crippen LogP) is 4.31. The maximum absolute atomic E-state index is 13.4. The highest BCUT2D eigenvalue weighted by molar-refractivity contribution is 7.92. The molecule has 0 unspecified atom stereocenters. The average molecular weight is 496 g/mol. The smallest absolute Gasteiger partial charge is 0.279 e. The normalized spacial score (nSPS) is 16.9. The Morgan fingerprint density at radius 1 is 1.06 bits per heavy atom. The number of halogens is 1. The number of sulfonamides is 2. The zero-order chi connectivity index (χ0) is 22.2. The second kappa shape index (κ2) is 8.27. The van der Waals surface area contributed by atoms with E-state index in [0.717, 1.165) is 15.5 Å². The number of rotatable bonds is 6. The van der Waals surface area contributed by atoms with Gasteiger partial charge in [0.25, 0.3) is 10.0 Å². The molecular formula is C20H18ClN3O4S3. The van der Waals surface area contributed by atoms with Crippen molar-refractivity contribution >= 4 is 54.4 Å². The highest BCUT2D eigenvalue weighted by atomic mass is 35.5. The summed E-state index contributed by atoms with van der Waals surface area (Å²) in [5, 5.41) is 6.68. The molecule has 162 valence electrons. The second-order valence-electron chi connectivity index (χ2n) is 6.97. The van der Waals surface area contributed by atoms with E-state index in [0.29, 0.717) is 28.4 Å². The van der Waals surface area contributed by atoms with Crippen molar-refractivity contribution in [1.29, 1.82) is 0 Å². The van der Waals surface area contributed by atoms with Crippen LogP contribution in [0.25, 0.3) is 0 Å². The highest BCUT2D eigenvalue weighted by Crippen LogP contribution is 2.39. The number of anilines is 1. The van der Waals surface area contributed by atoms with Gasteiger partial charge in [0.15, 0.2) is 0 Å². The molecule has 2 aromatic carbocycles. The molecule has 0 fully saturated rings. The molecule has 1 aliphatic rings. The van der Waals surface area contributed by atoms with E-state index in [4.69, 9.17) is 11.6 Å². The third kappa shape index (κ3) is 4.77. The van der Waals surface area contributed by atoms with Crippen LogP contribution in [0.1, 0.15) is 22.9 Å². The van der Waals surface area contributed by atoms with Crippen LogP contribution in [0.15, 0.2) is 76.0 Å². The molecule has 0 aliphatic carbocycles. The molecule has 0 saturated carbocycles. The minimum absolute atomic E-state index is 0.0688. The summed E-state index contributed by atoms with van der Waals surface area (Å²) in [5.41, 5.74) is 1.72. The SMILES string of the molecule is CS(=O)(=O)Nc1ccc(C2=NN(S(=O)(=O)c3cccc(Cl)c3)[C@H](c3cccs3)C2)cc1. The lowest BCUT2D eigenvalue weighted by Crippen LogP contribution is -2.26. The fourth-order valence-electron chi connectivity index (χ4n) is 3.26. The fourth-order valence-corrected chi connectivity index (χ4v) is 6.43. The number of hydrogen-bond acceptors (Lipinski definition) is 6. The van der Waals surface area contributed by atoms with Crippen molar-refractivity contribution in [2.75, 3.05) is 11.0 Å². The third-order valence-electron chi connectivity index (χ3n) is 4.61. The fraction of sp³-hybridized carbons (Fsp3) is 0.150. The molecule has 31 heavy (non-hydrogen) atoms. The molecule has 3 aromatic rings. The summed E-state index contributed by atoms with van der Waals surface area (Å²) in [6.07, 6.45) is 1.46. The van der Waals surface area contributed by atoms with Crippen molar-refractivity contribution in [3.8, 4) is 0 Å². The molecule has 11 heteroatoms. The average Bonchev–Trinajstić information content (AvgIpc) is 3.37. The van der Waals surface area contributed by atoms with E-state index in [9.17, 15) is 16.8 Å². The lowest BCUT2D eigenvalue weighted by atomic mass is 10.0. The Balaban J connectivity index is 1.72. The van der Waals surface area contributed by atoms with Crippen molar-refractivity contribution in [1.82, 2.24) is 4.41 Å². The highest BCUT2D eigenvalue weighted by Gasteiger charge is 2.38. The minimum Gasteiger partial charge on any atom is -0.284 e. The summed E-state index contributed by atoms with van der Waals surface area (Å²) in [6, 6.07) is 16.0. The van der Waals surface area contributed by atoms with Crippen LogP contribution in [-0.4, -0.2) is 33.2 Å². The molecule has 1 aliphatic heterocycles. The Morgan fingerprint density at radius 3 is 2.42 bits per heavy atom. The summed E-state index contributed by atoms with van der Waals surface area (Å²) in [6.45, 7) is 0. The van der Waals surface area contributed by atoms with Gasteiger partial charge in [0.1, 0.15) is 6.04 Å². The van der Waals surface area contributed by atoms with Gasteiger partial charge in [-0.25, -0.2) is 8.42 Å². The molecule has 0 saturated heterocycles. The lowest BCUT2D eigenvalue weighted by molar-refractivity contribution is 0.375. The Kier molecular flexibility index (Phi) is 5.82. The van der Waals surface area contributed by atoms with Gasteiger partial charge in [-0.2, -0.15) is 17.9 Å². The van der Waals surface area contributed by atoms with Crippen molar-refractivity contribution < 1.29 is 16.8 Å². The molecule has 0 bridgehead atoms. The standard InChI is InChI=1S/C20H18ClN3O4S3/c1-30(25,26)23-16-9-7-14(8-10-16)18-13-19(20-6-3-11-29-20)24(22-18)31(27,28)17-5-2-4-15(21)12-17/h2-12,19,23H,13H2,1H3/t19-/m0/s1. The summed E-state index contributed by atoms with van der Waals surface area (Å²) >= 11 is 7.48. The molecule has 1 atom stereocenters. The molecule has 4 rings (SSSR count). The van der Waals surface area contributed by atoms with Crippen molar-refractivity contribution in [2.24, 2.45) is 5.10 Å². The number of nitrogens with zero attached hydrogens (tertiary/aromatic N) is 2. The molecule has 0 radical (unpaired) electrons. The second-order valence-corrected chi connectivity index (χ2v) is 11.9. The quantitative estimate of drug-likeness (QED) is 0.551. The van der Waals surface area contributed by atoms with Crippen LogP contribution in [-0.2, 0) is 20.0 Å². The third-order valence-corrected chi connectivity index (χ3v) is 8.10. The zero-order valence-electron chi connectivity index (χ0n) is 16.3. The van der Waals surface area contributed by atoms with E-state index in [1.165, 1.54) is 23.5 Å². The van der Waals surface area contributed by atoms with E-state index in [1.54, 1.807) is 36.4 Å². The summed E-state index contributed by atoms with van der Waals surface area (Å²) in [7, 11) is -7.32. The van der Waals surface area contributed by atoms with E-state index in [1.807, 2.05) is 17.5 Å². The Morgan fingerprint density at radius 2 is 1.81 bits per heavy atom. The zero-order valence-corrected chi connectivity index (χ0v) is 19.5. The summed E-state index contributed by atoms with van der Waals surface area (Å²) < 4.78 is 53.1. The Hall–Kier alpha value is -2.40. The largest absolute Gasteiger partial charge is 0.284 e. The first kappa shape index (κ1) is 21.8. The van der Waals surface area contributed by atoms with Gasteiger partial charge in [0.2, 0.25) is 10.0 Å². The van der Waals surface area contributed by atoms with Gasteiger partial charge in [0.05, 0.1) is 16.9 Å². The van der Waals surface area contributed by atoms with E-state index in [-0.39, 0.29) is 4.90 Å². The van der Waals surface area contributed by atoms with Crippen molar-refractivity contribution in [3.63, 3.8) is 0 Å². The maximum atomic E-state index is 13.4. The van der Waals surface area contributed by atoms with Crippen LogP contribution in [0.2, 0.25) is 5.02 Å². The van der Waals surface area contributed by atoms with Gasteiger partial charge in [-0.05, 0) is 47.3 Å². The Labute approximate surface area is 190 Å². The number of thiophene rings is 1. The van der Waals surface area contributed by atoms with Gasteiger partial charge in [-0.15, -0.1) is 11.3 Å². The molecule has 0 amide bonds. The van der Waals surface area contributed by atoms with Gasteiger partial charge in [-0.3, -0.25) is 4.72 Å². The van der Waals surface area contributed by atoms with Crippen molar-refractivity contribution in [3.05, 3.63) is 81.5 Å². The van der Waals surface area contributed by atoms with Gasteiger partial charge < -0.3 is 0 Å². The molecule has 0 spiro atoms. The van der Waals surface area contributed by atoms with Gasteiger partial charge >= 0.3 is 0 Å². The summed E-state index contributed by atoms with van der Waals surface area (Å²) in [4.78, 5) is 0.943. The number of hydrazone groups is 1. The van der Waals surface area contributed by atoms with Crippen LogP contribution in [0.4, 0.5) is 5.69 Å². The molecule has 7 nitrogen and oxygen atoms in total. The lowest BCUT2D eigenvalue weighted by Gasteiger charge is -2.22. The van der Waals surface area contributed by atoms with Crippen LogP contribution in [0.5, 0.6) is 0 Å². The summed E-state index contributed by atoms with van der Waals surface area (Å²) in [5.74, 6) is 0. The van der Waals surface area contributed by atoms with Crippen LogP contribution < -0.4 is 4.72 Å². The van der Waals surface area contributed by atoms with E-state index < -0.39 is 26.1 Å². The van der Waals surface area contributed by atoms with Crippen molar-refractivity contribution in [2.45, 2.75) is 17.4 Å².